The first kappa shape index (κ1) is 13.3. The Balaban J connectivity index is 2.00. The second-order valence-electron chi connectivity index (χ2n) is 4.83. The maximum atomic E-state index is 12.6. The lowest BCUT2D eigenvalue weighted by molar-refractivity contribution is -0.0838. The van der Waals surface area contributed by atoms with Crippen LogP contribution in [0.2, 0.25) is 0 Å². The lowest BCUT2D eigenvalue weighted by Crippen LogP contribution is -2.49. The van der Waals surface area contributed by atoms with Crippen molar-refractivity contribution >= 4 is 5.91 Å². The second kappa shape index (κ2) is 4.99. The van der Waals surface area contributed by atoms with Crippen LogP contribution in [0.4, 0.5) is 0 Å². The van der Waals surface area contributed by atoms with Gasteiger partial charge in [0.1, 0.15) is 0 Å². The monoisotopic (exact) mass is 282 g/mol. The van der Waals surface area contributed by atoms with Gasteiger partial charge < -0.3 is 5.11 Å². The van der Waals surface area contributed by atoms with E-state index in [1.165, 1.54) is 23.6 Å². The fourth-order valence-electron chi connectivity index (χ4n) is 2.34. The Labute approximate surface area is 121 Å². The van der Waals surface area contributed by atoms with Gasteiger partial charge in [-0.3, -0.25) is 20.2 Å². The van der Waals surface area contributed by atoms with Gasteiger partial charge in [0.25, 0.3) is 5.91 Å². The van der Waals surface area contributed by atoms with E-state index < -0.39 is 5.72 Å². The van der Waals surface area contributed by atoms with E-state index >= 15 is 0 Å². The maximum absolute atomic E-state index is 12.6. The highest BCUT2D eigenvalue weighted by atomic mass is 16.3. The van der Waals surface area contributed by atoms with E-state index in [4.69, 9.17) is 0 Å². The van der Waals surface area contributed by atoms with Crippen molar-refractivity contribution in [2.75, 3.05) is 0 Å². The van der Waals surface area contributed by atoms with Gasteiger partial charge in [0.2, 0.25) is 0 Å². The molecule has 3 heterocycles. The predicted octanol–water partition coefficient (Wildman–Crippen LogP) is 1.19. The summed E-state index contributed by atoms with van der Waals surface area (Å²) in [4.78, 5) is 20.5. The zero-order chi connectivity index (χ0) is 14.9. The Bertz CT molecular complexity index is 675. The van der Waals surface area contributed by atoms with Crippen LogP contribution >= 0.6 is 0 Å². The third kappa shape index (κ3) is 2.25. The van der Waals surface area contributed by atoms with E-state index in [0.29, 0.717) is 16.8 Å². The van der Waals surface area contributed by atoms with Crippen molar-refractivity contribution in [3.8, 4) is 0 Å². The summed E-state index contributed by atoms with van der Waals surface area (Å²) in [7, 11) is 0. The molecule has 0 aliphatic carbocycles. The number of nitrogens with one attached hydrogen (secondary N) is 1. The van der Waals surface area contributed by atoms with Gasteiger partial charge in [0.15, 0.2) is 5.72 Å². The topological polar surface area (TPSA) is 78.4 Å². The third-order valence-corrected chi connectivity index (χ3v) is 3.35. The molecule has 1 unspecified atom stereocenters. The average molecular weight is 282 g/mol. The zero-order valence-electron chi connectivity index (χ0n) is 11.2. The summed E-state index contributed by atoms with van der Waals surface area (Å²) in [5.41, 5.74) is 2.84. The normalized spacial score (nSPS) is 21.2. The Morgan fingerprint density at radius 1 is 1.29 bits per heavy atom. The number of aromatic nitrogens is 2. The summed E-state index contributed by atoms with van der Waals surface area (Å²) in [6.45, 7) is 3.80. The maximum Gasteiger partial charge on any atom is 0.275 e. The van der Waals surface area contributed by atoms with Crippen molar-refractivity contribution in [2.24, 2.45) is 0 Å². The van der Waals surface area contributed by atoms with Crippen LogP contribution in [0.15, 0.2) is 61.3 Å². The molecule has 0 saturated carbocycles. The summed E-state index contributed by atoms with van der Waals surface area (Å²) in [5, 5.41) is 12.1. The van der Waals surface area contributed by atoms with Crippen LogP contribution in [0, 0.1) is 0 Å². The smallest absolute Gasteiger partial charge is 0.275 e. The lowest BCUT2D eigenvalue weighted by Gasteiger charge is -2.32. The molecule has 1 saturated heterocycles. The number of carbonyl (C=O) groups is 1. The fourth-order valence-corrected chi connectivity index (χ4v) is 2.34. The van der Waals surface area contributed by atoms with Crippen molar-refractivity contribution in [1.29, 1.82) is 0 Å². The number of hydrazine groups is 1. The van der Waals surface area contributed by atoms with Gasteiger partial charge in [-0.2, -0.15) is 0 Å². The number of rotatable bonds is 2. The number of pyridine rings is 2. The second-order valence-corrected chi connectivity index (χ2v) is 4.83. The fraction of sp³-hybridized carbons (Fsp3) is 0.133. The van der Waals surface area contributed by atoms with Crippen molar-refractivity contribution in [3.63, 3.8) is 0 Å². The summed E-state index contributed by atoms with van der Waals surface area (Å²) >= 11 is 0. The molecule has 1 atom stereocenters. The molecule has 0 radical (unpaired) electrons. The highest BCUT2D eigenvalue weighted by molar-refractivity contribution is 5.94. The molecule has 0 bridgehead atoms. The largest absolute Gasteiger partial charge is 0.365 e. The summed E-state index contributed by atoms with van der Waals surface area (Å²) in [6.07, 6.45) is 6.41. The van der Waals surface area contributed by atoms with Gasteiger partial charge in [0.05, 0.1) is 0 Å². The number of carbonyl (C=O) groups excluding carboxylic acids is 1. The quantitative estimate of drug-likeness (QED) is 0.865. The molecule has 2 aromatic heterocycles. The van der Waals surface area contributed by atoms with Gasteiger partial charge in [-0.05, 0) is 18.2 Å². The standard InChI is InChI=1S/C15H14N4O2/c1-11-9-15(21,13-3-2-6-17-10-13)19(18-11)14(20)12-4-7-16-8-5-12/h2-8,10,18,21H,1,9H2. The highest BCUT2D eigenvalue weighted by Gasteiger charge is 2.46. The van der Waals surface area contributed by atoms with E-state index in [9.17, 15) is 9.90 Å². The van der Waals surface area contributed by atoms with E-state index in [-0.39, 0.29) is 12.3 Å². The molecule has 2 aromatic rings. The van der Waals surface area contributed by atoms with Gasteiger partial charge >= 0.3 is 0 Å². The van der Waals surface area contributed by atoms with Crippen LogP contribution in [0.1, 0.15) is 22.3 Å². The van der Waals surface area contributed by atoms with E-state index in [0.717, 1.165) is 0 Å². The Morgan fingerprint density at radius 3 is 2.71 bits per heavy atom. The SMILES string of the molecule is C=C1CC(O)(c2cccnc2)N(C(=O)c2ccncc2)N1. The Hall–Kier alpha value is -2.73. The van der Waals surface area contributed by atoms with Gasteiger partial charge in [-0.1, -0.05) is 12.6 Å². The minimum Gasteiger partial charge on any atom is -0.365 e. The molecule has 1 aliphatic heterocycles. The molecule has 21 heavy (non-hydrogen) atoms. The summed E-state index contributed by atoms with van der Waals surface area (Å²) < 4.78 is 0. The first-order chi connectivity index (χ1) is 10.1. The summed E-state index contributed by atoms with van der Waals surface area (Å²) in [6, 6.07) is 6.62. The van der Waals surface area contributed by atoms with Crippen molar-refractivity contribution in [2.45, 2.75) is 12.1 Å². The van der Waals surface area contributed by atoms with E-state index in [1.54, 1.807) is 30.5 Å². The molecule has 6 heteroatoms. The van der Waals surface area contributed by atoms with Crippen molar-refractivity contribution < 1.29 is 9.90 Å². The molecule has 2 N–H and O–H groups in total. The van der Waals surface area contributed by atoms with Crippen LogP contribution in [-0.4, -0.2) is 26.0 Å². The Morgan fingerprint density at radius 2 is 2.05 bits per heavy atom. The molecule has 6 nitrogen and oxygen atoms in total. The third-order valence-electron chi connectivity index (χ3n) is 3.35. The molecule has 0 spiro atoms. The molecule has 1 aliphatic rings. The Kier molecular flexibility index (Phi) is 3.15. The van der Waals surface area contributed by atoms with Gasteiger partial charge in [-0.15, -0.1) is 0 Å². The molecule has 106 valence electrons. The van der Waals surface area contributed by atoms with Gasteiger partial charge in [-0.25, -0.2) is 5.01 Å². The van der Waals surface area contributed by atoms with Gasteiger partial charge in [0, 0.05) is 48.0 Å². The number of aliphatic hydroxyl groups is 1. The summed E-state index contributed by atoms with van der Waals surface area (Å²) in [5.74, 6) is -0.359. The minimum atomic E-state index is -1.51. The number of hydrogen-bond acceptors (Lipinski definition) is 5. The molecule has 3 rings (SSSR count). The van der Waals surface area contributed by atoms with Crippen LogP contribution in [0.3, 0.4) is 0 Å². The van der Waals surface area contributed by atoms with Crippen LogP contribution in [-0.2, 0) is 5.72 Å². The number of amides is 1. The first-order valence-electron chi connectivity index (χ1n) is 6.43. The van der Waals surface area contributed by atoms with Crippen LogP contribution in [0.5, 0.6) is 0 Å². The molecular formula is C15H14N4O2. The van der Waals surface area contributed by atoms with Crippen LogP contribution in [0.25, 0.3) is 0 Å². The van der Waals surface area contributed by atoms with E-state index in [1.807, 2.05) is 0 Å². The minimum absolute atomic E-state index is 0.204. The molecule has 1 fully saturated rings. The molecule has 0 aromatic carbocycles. The first-order valence-corrected chi connectivity index (χ1v) is 6.43. The zero-order valence-corrected chi connectivity index (χ0v) is 11.2. The average Bonchev–Trinajstić information content (AvgIpc) is 2.84. The number of hydrogen-bond donors (Lipinski definition) is 2. The lowest BCUT2D eigenvalue weighted by atomic mass is 10.0. The van der Waals surface area contributed by atoms with E-state index in [2.05, 4.69) is 22.0 Å². The number of nitrogens with zero attached hydrogens (tertiary/aromatic N) is 3. The van der Waals surface area contributed by atoms with Crippen LogP contribution < -0.4 is 5.43 Å². The predicted molar refractivity (Wildman–Crippen MR) is 75.4 cm³/mol. The molecule has 1 amide bonds. The van der Waals surface area contributed by atoms with Crippen molar-refractivity contribution in [3.05, 3.63) is 72.5 Å². The highest BCUT2D eigenvalue weighted by Crippen LogP contribution is 2.36. The molecular weight excluding hydrogens is 268 g/mol. The van der Waals surface area contributed by atoms with Crippen molar-refractivity contribution in [1.82, 2.24) is 20.4 Å².